The molecule has 0 aliphatic rings. The third kappa shape index (κ3) is 3.66. The molecule has 0 saturated carbocycles. The van der Waals surface area contributed by atoms with Gasteiger partial charge in [-0.1, -0.05) is 6.92 Å². The van der Waals surface area contributed by atoms with Gasteiger partial charge in [-0.15, -0.1) is 0 Å². The summed E-state index contributed by atoms with van der Waals surface area (Å²) in [6.45, 7) is 6.18. The van der Waals surface area contributed by atoms with E-state index in [1.807, 2.05) is 13.8 Å². The molecule has 5 nitrogen and oxygen atoms in total. The van der Waals surface area contributed by atoms with Crippen molar-refractivity contribution in [2.24, 2.45) is 0 Å². The normalized spacial score (nSPS) is 10.8. The monoisotopic (exact) mass is 226 g/mol. The van der Waals surface area contributed by atoms with Crippen molar-refractivity contribution in [2.45, 2.75) is 26.8 Å². The van der Waals surface area contributed by atoms with Gasteiger partial charge in [0.05, 0.1) is 19.2 Å². The van der Waals surface area contributed by atoms with E-state index >= 15 is 0 Å². The molecule has 16 heavy (non-hydrogen) atoms. The zero-order valence-electron chi connectivity index (χ0n) is 10.0. The highest BCUT2D eigenvalue weighted by molar-refractivity contribution is 5.69. The molecular weight excluding hydrogens is 208 g/mol. The summed E-state index contributed by atoms with van der Waals surface area (Å²) >= 11 is 0. The SMILES string of the molecule is CCN(CCC(=O)OC)Cc1ncoc1C. The molecule has 0 unspecified atom stereocenters. The molecule has 0 aliphatic heterocycles. The lowest BCUT2D eigenvalue weighted by Crippen LogP contribution is -2.26. The molecule has 0 saturated heterocycles. The fraction of sp³-hybridized carbons (Fsp3) is 0.636. The first-order valence-electron chi connectivity index (χ1n) is 5.35. The van der Waals surface area contributed by atoms with Crippen molar-refractivity contribution < 1.29 is 13.9 Å². The van der Waals surface area contributed by atoms with Crippen LogP contribution in [0.4, 0.5) is 0 Å². The number of rotatable bonds is 6. The third-order valence-electron chi connectivity index (χ3n) is 2.52. The molecule has 0 spiro atoms. The van der Waals surface area contributed by atoms with Crippen LogP contribution in [0.25, 0.3) is 0 Å². The summed E-state index contributed by atoms with van der Waals surface area (Å²) < 4.78 is 9.73. The second kappa shape index (κ2) is 6.27. The fourth-order valence-corrected chi connectivity index (χ4v) is 1.39. The molecule has 0 aromatic carbocycles. The van der Waals surface area contributed by atoms with E-state index < -0.39 is 0 Å². The lowest BCUT2D eigenvalue weighted by molar-refractivity contribution is -0.141. The van der Waals surface area contributed by atoms with Crippen LogP contribution in [0, 0.1) is 6.92 Å². The van der Waals surface area contributed by atoms with Gasteiger partial charge in [-0.25, -0.2) is 4.98 Å². The number of carbonyl (C=O) groups is 1. The Morgan fingerprint density at radius 1 is 1.62 bits per heavy atom. The number of nitrogens with zero attached hydrogens (tertiary/aromatic N) is 2. The van der Waals surface area contributed by atoms with E-state index in [1.165, 1.54) is 13.5 Å². The third-order valence-corrected chi connectivity index (χ3v) is 2.52. The first-order valence-corrected chi connectivity index (χ1v) is 5.35. The second-order valence-corrected chi connectivity index (χ2v) is 3.55. The zero-order valence-corrected chi connectivity index (χ0v) is 10.0. The maximum Gasteiger partial charge on any atom is 0.306 e. The molecule has 0 amide bonds. The van der Waals surface area contributed by atoms with Crippen LogP contribution in [0.5, 0.6) is 0 Å². The highest BCUT2D eigenvalue weighted by Gasteiger charge is 2.11. The quantitative estimate of drug-likeness (QED) is 0.686. The first kappa shape index (κ1) is 12.7. The van der Waals surface area contributed by atoms with Crippen LogP contribution in [-0.4, -0.2) is 36.1 Å². The minimum atomic E-state index is -0.185. The molecule has 1 heterocycles. The Morgan fingerprint density at radius 3 is 2.88 bits per heavy atom. The number of aryl methyl sites for hydroxylation is 1. The van der Waals surface area contributed by atoms with E-state index in [-0.39, 0.29) is 5.97 Å². The van der Waals surface area contributed by atoms with Gasteiger partial charge in [0.1, 0.15) is 5.76 Å². The van der Waals surface area contributed by atoms with E-state index in [0.717, 1.165) is 18.0 Å². The summed E-state index contributed by atoms with van der Waals surface area (Å²) in [6.07, 6.45) is 1.85. The average Bonchev–Trinajstić information content (AvgIpc) is 2.69. The van der Waals surface area contributed by atoms with Gasteiger partial charge in [-0.05, 0) is 13.5 Å². The topological polar surface area (TPSA) is 55.6 Å². The van der Waals surface area contributed by atoms with Gasteiger partial charge in [0.2, 0.25) is 0 Å². The zero-order chi connectivity index (χ0) is 12.0. The molecule has 0 radical (unpaired) electrons. The summed E-state index contributed by atoms with van der Waals surface area (Å²) in [6, 6.07) is 0. The van der Waals surface area contributed by atoms with E-state index in [4.69, 9.17) is 4.42 Å². The number of esters is 1. The Labute approximate surface area is 95.4 Å². The highest BCUT2D eigenvalue weighted by Crippen LogP contribution is 2.08. The molecule has 0 bridgehead atoms. The van der Waals surface area contributed by atoms with Crippen LogP contribution in [0.1, 0.15) is 24.8 Å². The van der Waals surface area contributed by atoms with Gasteiger partial charge in [0, 0.05) is 13.1 Å². The smallest absolute Gasteiger partial charge is 0.306 e. The van der Waals surface area contributed by atoms with Gasteiger partial charge < -0.3 is 9.15 Å². The highest BCUT2D eigenvalue weighted by atomic mass is 16.5. The summed E-state index contributed by atoms with van der Waals surface area (Å²) in [5.41, 5.74) is 0.923. The van der Waals surface area contributed by atoms with Crippen LogP contribution in [0.15, 0.2) is 10.8 Å². The molecule has 0 atom stereocenters. The van der Waals surface area contributed by atoms with Crippen LogP contribution in [0.3, 0.4) is 0 Å². The molecule has 5 heteroatoms. The Balaban J connectivity index is 2.43. The first-order chi connectivity index (χ1) is 7.67. The lowest BCUT2D eigenvalue weighted by Gasteiger charge is -2.18. The molecule has 1 rings (SSSR count). The number of oxazole rings is 1. The van der Waals surface area contributed by atoms with E-state index in [1.54, 1.807) is 0 Å². The Bertz CT molecular complexity index is 336. The van der Waals surface area contributed by atoms with Crippen molar-refractivity contribution >= 4 is 5.97 Å². The second-order valence-electron chi connectivity index (χ2n) is 3.55. The van der Waals surface area contributed by atoms with Crippen molar-refractivity contribution in [3.63, 3.8) is 0 Å². The summed E-state index contributed by atoms with van der Waals surface area (Å²) in [5, 5.41) is 0. The molecule has 90 valence electrons. The molecule has 0 fully saturated rings. The van der Waals surface area contributed by atoms with Gasteiger partial charge in [0.15, 0.2) is 6.39 Å². The number of ether oxygens (including phenoxy) is 1. The molecule has 1 aromatic rings. The van der Waals surface area contributed by atoms with Crippen molar-refractivity contribution in [3.05, 3.63) is 17.8 Å². The predicted molar refractivity (Wildman–Crippen MR) is 58.8 cm³/mol. The van der Waals surface area contributed by atoms with Crippen molar-refractivity contribution in [3.8, 4) is 0 Å². The van der Waals surface area contributed by atoms with Crippen LogP contribution < -0.4 is 0 Å². The van der Waals surface area contributed by atoms with Gasteiger partial charge in [-0.3, -0.25) is 9.69 Å². The summed E-state index contributed by atoms with van der Waals surface area (Å²) in [4.78, 5) is 17.3. The Hall–Kier alpha value is -1.36. The predicted octanol–water partition coefficient (Wildman–Crippen LogP) is 1.37. The van der Waals surface area contributed by atoms with Crippen molar-refractivity contribution in [1.82, 2.24) is 9.88 Å². The van der Waals surface area contributed by atoms with Gasteiger partial charge >= 0.3 is 5.97 Å². The minimum Gasteiger partial charge on any atom is -0.469 e. The Kier molecular flexibility index (Phi) is 4.98. The number of methoxy groups -OCH3 is 1. The van der Waals surface area contributed by atoms with Gasteiger partial charge in [-0.2, -0.15) is 0 Å². The van der Waals surface area contributed by atoms with Crippen LogP contribution >= 0.6 is 0 Å². The van der Waals surface area contributed by atoms with Crippen LogP contribution in [0.2, 0.25) is 0 Å². The number of hydrogen-bond donors (Lipinski definition) is 0. The van der Waals surface area contributed by atoms with Crippen LogP contribution in [-0.2, 0) is 16.1 Å². The molecule has 0 N–H and O–H groups in total. The number of aromatic nitrogens is 1. The maximum absolute atomic E-state index is 11.0. The fourth-order valence-electron chi connectivity index (χ4n) is 1.39. The average molecular weight is 226 g/mol. The molecular formula is C11H18N2O3. The Morgan fingerprint density at radius 2 is 2.38 bits per heavy atom. The van der Waals surface area contributed by atoms with Crippen molar-refractivity contribution in [2.75, 3.05) is 20.2 Å². The van der Waals surface area contributed by atoms with Crippen molar-refractivity contribution in [1.29, 1.82) is 0 Å². The lowest BCUT2D eigenvalue weighted by atomic mass is 10.3. The summed E-state index contributed by atoms with van der Waals surface area (Å²) in [7, 11) is 1.40. The molecule has 1 aromatic heterocycles. The standard InChI is InChI=1S/C11H18N2O3/c1-4-13(6-5-11(14)15-3)7-10-9(2)16-8-12-10/h8H,4-7H2,1-3H3. The maximum atomic E-state index is 11.0. The van der Waals surface area contributed by atoms with E-state index in [0.29, 0.717) is 19.5 Å². The van der Waals surface area contributed by atoms with Gasteiger partial charge in [0.25, 0.3) is 0 Å². The van der Waals surface area contributed by atoms with E-state index in [9.17, 15) is 4.79 Å². The summed E-state index contributed by atoms with van der Waals surface area (Å²) in [5.74, 6) is 0.645. The largest absolute Gasteiger partial charge is 0.469 e. The minimum absolute atomic E-state index is 0.185. The van der Waals surface area contributed by atoms with E-state index in [2.05, 4.69) is 14.6 Å². The molecule has 0 aliphatic carbocycles. The number of carbonyl (C=O) groups excluding carboxylic acids is 1. The number of hydrogen-bond acceptors (Lipinski definition) is 5.